The highest BCUT2D eigenvalue weighted by Gasteiger charge is 2.34. The standard InChI is InChI=1S/C20H17ClF3N5O3/c21-15-4-1-13(2-5-15)19-25-18(32-26-19)12-27-7-9-28(10-8-27)16-6-3-14(20(22,23)24)11-17(16)29(30)31/h1-6,11H,7-10,12H2. The van der Waals surface area contributed by atoms with Gasteiger partial charge in [-0.05, 0) is 36.4 Å². The van der Waals surface area contributed by atoms with Crippen molar-refractivity contribution in [1.82, 2.24) is 15.0 Å². The van der Waals surface area contributed by atoms with E-state index >= 15 is 0 Å². The van der Waals surface area contributed by atoms with Gasteiger partial charge in [0, 0.05) is 42.8 Å². The highest BCUT2D eigenvalue weighted by Crippen LogP contribution is 2.36. The van der Waals surface area contributed by atoms with Gasteiger partial charge in [-0.2, -0.15) is 18.2 Å². The van der Waals surface area contributed by atoms with Crippen molar-refractivity contribution in [2.45, 2.75) is 12.7 Å². The number of rotatable bonds is 5. The normalized spacial score (nSPS) is 15.2. The molecule has 12 heteroatoms. The predicted molar refractivity (Wildman–Crippen MR) is 110 cm³/mol. The zero-order valence-corrected chi connectivity index (χ0v) is 17.3. The van der Waals surface area contributed by atoms with Gasteiger partial charge in [0.15, 0.2) is 0 Å². The summed E-state index contributed by atoms with van der Waals surface area (Å²) in [5.74, 6) is 0.861. The lowest BCUT2D eigenvalue weighted by Crippen LogP contribution is -2.46. The minimum Gasteiger partial charge on any atom is -0.363 e. The van der Waals surface area contributed by atoms with Gasteiger partial charge in [0.25, 0.3) is 5.69 Å². The van der Waals surface area contributed by atoms with Crippen molar-refractivity contribution in [2.24, 2.45) is 0 Å². The van der Waals surface area contributed by atoms with Gasteiger partial charge in [0.05, 0.1) is 17.0 Å². The number of anilines is 1. The largest absolute Gasteiger partial charge is 0.416 e. The molecule has 32 heavy (non-hydrogen) atoms. The molecule has 4 rings (SSSR count). The number of alkyl halides is 3. The topological polar surface area (TPSA) is 88.5 Å². The second kappa shape index (κ2) is 8.75. The smallest absolute Gasteiger partial charge is 0.363 e. The lowest BCUT2D eigenvalue weighted by molar-refractivity contribution is -0.384. The molecular formula is C20H17ClF3N5O3. The molecule has 0 unspecified atom stereocenters. The van der Waals surface area contributed by atoms with Crippen molar-refractivity contribution in [3.63, 3.8) is 0 Å². The average molecular weight is 468 g/mol. The van der Waals surface area contributed by atoms with Crippen LogP contribution in [0.4, 0.5) is 24.5 Å². The van der Waals surface area contributed by atoms with Crippen LogP contribution in [0.3, 0.4) is 0 Å². The minimum atomic E-state index is -4.64. The molecule has 0 radical (unpaired) electrons. The second-order valence-corrected chi connectivity index (χ2v) is 7.68. The fraction of sp³-hybridized carbons (Fsp3) is 0.300. The van der Waals surface area contributed by atoms with Crippen molar-refractivity contribution in [1.29, 1.82) is 0 Å². The van der Waals surface area contributed by atoms with Gasteiger partial charge in [-0.15, -0.1) is 0 Å². The summed E-state index contributed by atoms with van der Waals surface area (Å²) in [4.78, 5) is 18.7. The van der Waals surface area contributed by atoms with Crippen LogP contribution in [-0.4, -0.2) is 46.1 Å². The zero-order valence-electron chi connectivity index (χ0n) is 16.5. The van der Waals surface area contributed by atoms with E-state index in [0.29, 0.717) is 55.5 Å². The maximum Gasteiger partial charge on any atom is 0.416 e. The molecule has 0 N–H and O–H groups in total. The van der Waals surface area contributed by atoms with E-state index in [0.717, 1.165) is 17.7 Å². The molecule has 1 aromatic heterocycles. The lowest BCUT2D eigenvalue weighted by Gasteiger charge is -2.35. The number of nitrogens with zero attached hydrogens (tertiary/aromatic N) is 5. The summed E-state index contributed by atoms with van der Waals surface area (Å²) in [5, 5.41) is 15.9. The molecule has 1 aliphatic rings. The van der Waals surface area contributed by atoms with Gasteiger partial charge in [0.1, 0.15) is 5.69 Å². The van der Waals surface area contributed by atoms with E-state index in [1.54, 1.807) is 29.2 Å². The molecule has 168 valence electrons. The van der Waals surface area contributed by atoms with Crippen molar-refractivity contribution < 1.29 is 22.6 Å². The van der Waals surface area contributed by atoms with E-state index in [1.165, 1.54) is 0 Å². The molecule has 2 heterocycles. The summed E-state index contributed by atoms with van der Waals surface area (Å²) in [7, 11) is 0. The molecule has 0 spiro atoms. The van der Waals surface area contributed by atoms with Crippen molar-refractivity contribution in [3.05, 3.63) is 69.1 Å². The number of aromatic nitrogens is 2. The van der Waals surface area contributed by atoms with Crippen molar-refractivity contribution in [3.8, 4) is 11.4 Å². The maximum absolute atomic E-state index is 12.9. The monoisotopic (exact) mass is 467 g/mol. The summed E-state index contributed by atoms with van der Waals surface area (Å²) >= 11 is 5.88. The molecule has 1 aliphatic heterocycles. The van der Waals surface area contributed by atoms with E-state index in [1.807, 2.05) is 4.90 Å². The Morgan fingerprint density at radius 1 is 1.09 bits per heavy atom. The van der Waals surface area contributed by atoms with E-state index in [-0.39, 0.29) is 5.69 Å². The fourth-order valence-corrected chi connectivity index (χ4v) is 3.61. The second-order valence-electron chi connectivity index (χ2n) is 7.24. The number of piperazine rings is 1. The number of nitro benzene ring substituents is 1. The summed E-state index contributed by atoms with van der Waals surface area (Å²) < 4.78 is 44.1. The van der Waals surface area contributed by atoms with Crippen LogP contribution in [0.1, 0.15) is 11.5 Å². The van der Waals surface area contributed by atoms with Crippen LogP contribution in [-0.2, 0) is 12.7 Å². The van der Waals surface area contributed by atoms with Gasteiger partial charge in [-0.3, -0.25) is 15.0 Å². The Morgan fingerprint density at radius 3 is 2.41 bits per heavy atom. The van der Waals surface area contributed by atoms with Gasteiger partial charge in [-0.25, -0.2) is 0 Å². The van der Waals surface area contributed by atoms with Crippen LogP contribution in [0.15, 0.2) is 47.0 Å². The number of halogens is 4. The van der Waals surface area contributed by atoms with Gasteiger partial charge < -0.3 is 9.42 Å². The summed E-state index contributed by atoms with van der Waals surface area (Å²) in [5.41, 5.74) is -0.661. The van der Waals surface area contributed by atoms with Crippen LogP contribution < -0.4 is 4.90 Å². The molecule has 2 aromatic carbocycles. The first-order valence-corrected chi connectivity index (χ1v) is 10.00. The van der Waals surface area contributed by atoms with E-state index in [4.69, 9.17) is 16.1 Å². The SMILES string of the molecule is O=[N+]([O-])c1cc(C(F)(F)F)ccc1N1CCN(Cc2nc(-c3ccc(Cl)cc3)no2)CC1. The molecule has 0 saturated carbocycles. The molecule has 8 nitrogen and oxygen atoms in total. The highest BCUT2D eigenvalue weighted by molar-refractivity contribution is 6.30. The Labute approximate surface area is 185 Å². The Balaban J connectivity index is 1.41. The third kappa shape index (κ3) is 4.83. The Hall–Kier alpha value is -3.18. The van der Waals surface area contributed by atoms with Crippen molar-refractivity contribution in [2.75, 3.05) is 31.1 Å². The number of hydrogen-bond donors (Lipinski definition) is 0. The highest BCUT2D eigenvalue weighted by atomic mass is 35.5. The number of hydrogen-bond acceptors (Lipinski definition) is 7. The van der Waals surface area contributed by atoms with E-state index < -0.39 is 22.4 Å². The van der Waals surface area contributed by atoms with Gasteiger partial charge >= 0.3 is 6.18 Å². The van der Waals surface area contributed by atoms with Crippen LogP contribution in [0, 0.1) is 10.1 Å². The number of nitro groups is 1. The molecule has 1 saturated heterocycles. The quantitative estimate of drug-likeness (QED) is 0.399. The summed E-state index contributed by atoms with van der Waals surface area (Å²) in [6, 6.07) is 9.63. The molecule has 0 amide bonds. The molecule has 3 aromatic rings. The van der Waals surface area contributed by atoms with Crippen LogP contribution >= 0.6 is 11.6 Å². The maximum atomic E-state index is 12.9. The zero-order chi connectivity index (χ0) is 22.9. The Morgan fingerprint density at radius 2 is 1.78 bits per heavy atom. The molecular weight excluding hydrogens is 451 g/mol. The molecule has 0 bridgehead atoms. The molecule has 1 fully saturated rings. The van der Waals surface area contributed by atoms with Crippen LogP contribution in [0.2, 0.25) is 5.02 Å². The third-order valence-corrected chi connectivity index (χ3v) is 5.39. The number of benzene rings is 2. The minimum absolute atomic E-state index is 0.172. The first kappa shape index (κ1) is 22.0. The molecule has 0 atom stereocenters. The third-order valence-electron chi connectivity index (χ3n) is 5.14. The first-order valence-electron chi connectivity index (χ1n) is 9.62. The molecule has 0 aliphatic carbocycles. The van der Waals surface area contributed by atoms with Gasteiger partial charge in [-0.1, -0.05) is 16.8 Å². The Bertz CT molecular complexity index is 1110. The van der Waals surface area contributed by atoms with E-state index in [9.17, 15) is 23.3 Å². The Kier molecular flexibility index (Phi) is 6.02. The van der Waals surface area contributed by atoms with Crippen molar-refractivity contribution >= 4 is 23.0 Å². The fourth-order valence-electron chi connectivity index (χ4n) is 3.49. The predicted octanol–water partition coefficient (Wildman–Crippen LogP) is 4.64. The van der Waals surface area contributed by atoms with Gasteiger partial charge in [0.2, 0.25) is 11.7 Å². The summed E-state index contributed by atoms with van der Waals surface area (Å²) in [6.45, 7) is 2.26. The average Bonchev–Trinajstić information content (AvgIpc) is 3.22. The van der Waals surface area contributed by atoms with E-state index in [2.05, 4.69) is 10.1 Å². The lowest BCUT2D eigenvalue weighted by atomic mass is 10.1. The first-order chi connectivity index (χ1) is 15.2. The van der Waals surface area contributed by atoms with Crippen LogP contribution in [0.25, 0.3) is 11.4 Å². The summed E-state index contributed by atoms with van der Waals surface area (Å²) in [6.07, 6.45) is -4.64. The van der Waals surface area contributed by atoms with Crippen LogP contribution in [0.5, 0.6) is 0 Å².